The van der Waals surface area contributed by atoms with Crippen LogP contribution in [0.15, 0.2) is 53.4 Å². The number of nitrogens with zero attached hydrogens (tertiary/aromatic N) is 1. The van der Waals surface area contributed by atoms with E-state index in [1.807, 2.05) is 0 Å². The molecule has 0 saturated carbocycles. The largest absolute Gasteiger partial charge is 0.449 e. The van der Waals surface area contributed by atoms with Crippen molar-refractivity contribution in [1.82, 2.24) is 4.72 Å². The monoisotopic (exact) mass is 473 g/mol. The fraction of sp³-hybridized carbons (Fsp3) is 0.348. The SMILES string of the molecule is CC(C)NS(=O)(=O)c1ccc(NC(=O)[C@@H](C)OC(=O)c2ccc(N3CCCC3=O)cc2)cc1. The molecule has 2 aromatic rings. The Hall–Kier alpha value is -3.24. The molecule has 2 amide bonds. The van der Waals surface area contributed by atoms with E-state index in [2.05, 4.69) is 10.0 Å². The molecule has 1 fully saturated rings. The lowest BCUT2D eigenvalue weighted by Gasteiger charge is -2.16. The number of hydrogen-bond acceptors (Lipinski definition) is 6. The minimum atomic E-state index is -3.63. The van der Waals surface area contributed by atoms with Crippen LogP contribution in [0.4, 0.5) is 11.4 Å². The van der Waals surface area contributed by atoms with Gasteiger partial charge in [-0.3, -0.25) is 9.59 Å². The summed E-state index contributed by atoms with van der Waals surface area (Å²) in [5.74, 6) is -1.17. The zero-order chi connectivity index (χ0) is 24.2. The van der Waals surface area contributed by atoms with Gasteiger partial charge in [0, 0.05) is 30.4 Å². The smallest absolute Gasteiger partial charge is 0.338 e. The van der Waals surface area contributed by atoms with Gasteiger partial charge in [-0.1, -0.05) is 0 Å². The van der Waals surface area contributed by atoms with E-state index in [4.69, 9.17) is 4.74 Å². The second-order valence-corrected chi connectivity index (χ2v) is 9.75. The second-order valence-electron chi connectivity index (χ2n) is 8.03. The first-order valence-corrected chi connectivity index (χ1v) is 12.1. The number of esters is 1. The highest BCUT2D eigenvalue weighted by molar-refractivity contribution is 7.89. The topological polar surface area (TPSA) is 122 Å². The number of carbonyl (C=O) groups is 3. The molecule has 1 saturated heterocycles. The van der Waals surface area contributed by atoms with Gasteiger partial charge in [-0.2, -0.15) is 0 Å². The lowest BCUT2D eigenvalue weighted by atomic mass is 10.2. The van der Waals surface area contributed by atoms with Crippen molar-refractivity contribution in [2.75, 3.05) is 16.8 Å². The van der Waals surface area contributed by atoms with Crippen molar-refractivity contribution in [3.8, 4) is 0 Å². The number of anilines is 2. The van der Waals surface area contributed by atoms with Gasteiger partial charge in [-0.15, -0.1) is 0 Å². The first-order chi connectivity index (χ1) is 15.6. The normalized spacial score (nSPS) is 14.9. The van der Waals surface area contributed by atoms with Crippen LogP contribution in [0, 0.1) is 0 Å². The zero-order valence-corrected chi connectivity index (χ0v) is 19.5. The zero-order valence-electron chi connectivity index (χ0n) is 18.7. The third-order valence-electron chi connectivity index (χ3n) is 4.96. The Bertz CT molecular complexity index is 1130. The summed E-state index contributed by atoms with van der Waals surface area (Å²) in [6, 6.07) is 11.9. The van der Waals surface area contributed by atoms with E-state index in [9.17, 15) is 22.8 Å². The predicted octanol–water partition coefficient (Wildman–Crippen LogP) is 2.68. The van der Waals surface area contributed by atoms with Crippen molar-refractivity contribution in [2.24, 2.45) is 0 Å². The average molecular weight is 474 g/mol. The van der Waals surface area contributed by atoms with E-state index in [0.29, 0.717) is 24.3 Å². The number of ether oxygens (including phenoxy) is 1. The summed E-state index contributed by atoms with van der Waals surface area (Å²) in [5.41, 5.74) is 1.34. The minimum absolute atomic E-state index is 0.0532. The van der Waals surface area contributed by atoms with Gasteiger partial charge in [0.2, 0.25) is 15.9 Å². The van der Waals surface area contributed by atoms with E-state index in [0.717, 1.165) is 6.42 Å². The van der Waals surface area contributed by atoms with Crippen molar-refractivity contribution in [1.29, 1.82) is 0 Å². The van der Waals surface area contributed by atoms with Gasteiger partial charge in [-0.25, -0.2) is 17.9 Å². The standard InChI is InChI=1S/C23H27N3O6S/c1-15(2)25-33(30,31)20-12-8-18(9-13-20)24-22(28)16(3)32-23(29)17-6-10-19(11-7-17)26-14-4-5-21(26)27/h6-13,15-16,25H,4-5,14H2,1-3H3,(H,24,28)/t16-/m1/s1. The van der Waals surface area contributed by atoms with Crippen LogP contribution in [-0.4, -0.2) is 44.9 Å². The summed E-state index contributed by atoms with van der Waals surface area (Å²) in [6.45, 7) is 5.53. The van der Waals surface area contributed by atoms with Gasteiger partial charge in [-0.05, 0) is 75.7 Å². The lowest BCUT2D eigenvalue weighted by molar-refractivity contribution is -0.123. The number of carbonyl (C=O) groups excluding carboxylic acids is 3. The van der Waals surface area contributed by atoms with Gasteiger partial charge >= 0.3 is 5.97 Å². The van der Waals surface area contributed by atoms with Crippen molar-refractivity contribution < 1.29 is 27.5 Å². The van der Waals surface area contributed by atoms with Crippen molar-refractivity contribution in [3.63, 3.8) is 0 Å². The molecule has 176 valence electrons. The molecule has 0 spiro atoms. The van der Waals surface area contributed by atoms with Crippen LogP contribution in [0.5, 0.6) is 0 Å². The molecule has 0 aromatic heterocycles. The Labute approximate surface area is 193 Å². The summed E-state index contributed by atoms with van der Waals surface area (Å²) in [6.07, 6.45) is 0.246. The molecular weight excluding hydrogens is 446 g/mol. The van der Waals surface area contributed by atoms with Gasteiger partial charge in [0.1, 0.15) is 0 Å². The third-order valence-corrected chi connectivity index (χ3v) is 6.64. The van der Waals surface area contributed by atoms with Gasteiger partial charge in [0.15, 0.2) is 6.10 Å². The summed E-state index contributed by atoms with van der Waals surface area (Å²) in [4.78, 5) is 38.4. The van der Waals surface area contributed by atoms with E-state index < -0.39 is 28.0 Å². The maximum absolute atomic E-state index is 12.4. The highest BCUT2D eigenvalue weighted by atomic mass is 32.2. The molecule has 2 aromatic carbocycles. The summed E-state index contributed by atoms with van der Waals surface area (Å²) in [5, 5.41) is 2.59. The number of rotatable bonds is 8. The Kier molecular flexibility index (Phi) is 7.50. The summed E-state index contributed by atoms with van der Waals surface area (Å²) in [7, 11) is -3.63. The molecule has 1 aliphatic rings. The molecule has 0 bridgehead atoms. The maximum atomic E-state index is 12.4. The predicted molar refractivity (Wildman–Crippen MR) is 123 cm³/mol. The molecule has 0 aliphatic carbocycles. The molecule has 0 unspecified atom stereocenters. The lowest BCUT2D eigenvalue weighted by Crippen LogP contribution is -2.30. The second kappa shape index (κ2) is 10.1. The van der Waals surface area contributed by atoms with Crippen LogP contribution in [0.3, 0.4) is 0 Å². The molecule has 2 N–H and O–H groups in total. The summed E-state index contributed by atoms with van der Waals surface area (Å²) < 4.78 is 32.1. The molecule has 1 atom stereocenters. The molecular formula is C23H27N3O6S. The van der Waals surface area contributed by atoms with Gasteiger partial charge in [0.25, 0.3) is 5.91 Å². The fourth-order valence-electron chi connectivity index (χ4n) is 3.32. The Morgan fingerprint density at radius 3 is 2.18 bits per heavy atom. The van der Waals surface area contributed by atoms with Gasteiger partial charge < -0.3 is 15.0 Å². The Morgan fingerprint density at radius 1 is 1.00 bits per heavy atom. The average Bonchev–Trinajstić information content (AvgIpc) is 3.19. The molecule has 0 radical (unpaired) electrons. The number of nitrogens with one attached hydrogen (secondary N) is 2. The van der Waals surface area contributed by atoms with Crippen LogP contribution in [0.1, 0.15) is 44.0 Å². The molecule has 33 heavy (non-hydrogen) atoms. The fourth-order valence-corrected chi connectivity index (χ4v) is 4.57. The molecule has 1 heterocycles. The molecule has 10 heteroatoms. The first kappa shape index (κ1) is 24.4. The minimum Gasteiger partial charge on any atom is -0.449 e. The highest BCUT2D eigenvalue weighted by Gasteiger charge is 2.23. The number of benzene rings is 2. The first-order valence-electron chi connectivity index (χ1n) is 10.6. The van der Waals surface area contributed by atoms with Gasteiger partial charge in [0.05, 0.1) is 10.5 Å². The highest BCUT2D eigenvalue weighted by Crippen LogP contribution is 2.22. The van der Waals surface area contributed by atoms with Crippen molar-refractivity contribution >= 4 is 39.2 Å². The van der Waals surface area contributed by atoms with Crippen LogP contribution < -0.4 is 14.9 Å². The van der Waals surface area contributed by atoms with Crippen molar-refractivity contribution in [3.05, 3.63) is 54.1 Å². The molecule has 3 rings (SSSR count). The summed E-state index contributed by atoms with van der Waals surface area (Å²) >= 11 is 0. The van der Waals surface area contributed by atoms with E-state index >= 15 is 0 Å². The molecule has 9 nitrogen and oxygen atoms in total. The number of hydrogen-bond donors (Lipinski definition) is 2. The molecule has 1 aliphatic heterocycles. The number of sulfonamides is 1. The van der Waals surface area contributed by atoms with Crippen molar-refractivity contribution in [2.45, 2.75) is 50.7 Å². The van der Waals surface area contributed by atoms with E-state index in [-0.39, 0.29) is 22.4 Å². The van der Waals surface area contributed by atoms with E-state index in [1.165, 1.54) is 31.2 Å². The Balaban J connectivity index is 1.57. The van der Waals surface area contributed by atoms with Crippen LogP contribution in [0.2, 0.25) is 0 Å². The van der Waals surface area contributed by atoms with Crippen LogP contribution >= 0.6 is 0 Å². The maximum Gasteiger partial charge on any atom is 0.338 e. The quantitative estimate of drug-likeness (QED) is 0.569. The van der Waals surface area contributed by atoms with Crippen LogP contribution in [0.25, 0.3) is 0 Å². The Morgan fingerprint density at radius 2 is 1.64 bits per heavy atom. The third kappa shape index (κ3) is 6.17. The van der Waals surface area contributed by atoms with Crippen LogP contribution in [-0.2, 0) is 24.3 Å². The van der Waals surface area contributed by atoms with E-state index in [1.54, 1.807) is 43.0 Å². The number of amides is 2.